The Morgan fingerprint density at radius 2 is 2.13 bits per heavy atom. The second kappa shape index (κ2) is 4.68. The summed E-state index contributed by atoms with van der Waals surface area (Å²) in [5, 5.41) is 2.65. The molecule has 0 spiro atoms. The van der Waals surface area contributed by atoms with E-state index in [0.717, 1.165) is 6.29 Å². The van der Waals surface area contributed by atoms with E-state index in [4.69, 9.17) is 0 Å². The van der Waals surface area contributed by atoms with Gasteiger partial charge in [0.25, 0.3) is 0 Å². The van der Waals surface area contributed by atoms with E-state index in [-0.39, 0.29) is 11.8 Å². The summed E-state index contributed by atoms with van der Waals surface area (Å²) < 4.78 is 0. The first-order valence-corrected chi connectivity index (χ1v) is 4.77. The minimum absolute atomic E-state index is 0.105. The highest BCUT2D eigenvalue weighted by molar-refractivity contribution is 5.92. The van der Waals surface area contributed by atoms with Crippen LogP contribution in [0.25, 0.3) is 0 Å². The Kier molecular flexibility index (Phi) is 3.55. The molecule has 0 unspecified atom stereocenters. The molecule has 0 atom stereocenters. The van der Waals surface area contributed by atoms with Gasteiger partial charge in [0.15, 0.2) is 0 Å². The lowest BCUT2D eigenvalue weighted by Crippen LogP contribution is -2.18. The van der Waals surface area contributed by atoms with Crippen molar-refractivity contribution in [1.29, 1.82) is 0 Å². The zero-order valence-electron chi connectivity index (χ0n) is 9.07. The number of rotatable bonds is 3. The molecular weight excluding hydrogens is 192 g/mol. The number of anilines is 1. The normalized spacial score (nSPS) is 10.1. The van der Waals surface area contributed by atoms with Crippen LogP contribution in [0.5, 0.6) is 0 Å². The number of hydrogen-bond acceptors (Lipinski definition) is 3. The first-order valence-electron chi connectivity index (χ1n) is 4.77. The van der Waals surface area contributed by atoms with E-state index in [1.54, 1.807) is 32.9 Å². The Morgan fingerprint density at radius 3 is 2.67 bits per heavy atom. The van der Waals surface area contributed by atoms with Crippen molar-refractivity contribution in [3.63, 3.8) is 0 Å². The molecule has 1 N–H and O–H groups in total. The molecule has 0 aliphatic heterocycles. The Hall–Kier alpha value is -1.71. The lowest BCUT2D eigenvalue weighted by molar-refractivity contribution is -0.118. The molecule has 0 saturated heterocycles. The van der Waals surface area contributed by atoms with Crippen LogP contribution in [0.2, 0.25) is 0 Å². The monoisotopic (exact) mass is 206 g/mol. The fraction of sp³-hybridized carbons (Fsp3) is 0.364. The van der Waals surface area contributed by atoms with Gasteiger partial charge in [-0.2, -0.15) is 0 Å². The van der Waals surface area contributed by atoms with Crippen LogP contribution >= 0.6 is 0 Å². The number of amides is 1. The third-order valence-corrected chi connectivity index (χ3v) is 1.89. The predicted molar refractivity (Wildman–Crippen MR) is 57.8 cm³/mol. The van der Waals surface area contributed by atoms with E-state index in [1.165, 1.54) is 0 Å². The first kappa shape index (κ1) is 11.4. The van der Waals surface area contributed by atoms with Gasteiger partial charge >= 0.3 is 0 Å². The predicted octanol–water partition coefficient (Wildman–Crippen LogP) is 1.80. The van der Waals surface area contributed by atoms with Gasteiger partial charge in [0.1, 0.15) is 12.1 Å². The van der Waals surface area contributed by atoms with Crippen LogP contribution in [0.4, 0.5) is 5.82 Å². The molecule has 1 aromatic heterocycles. The molecule has 4 heteroatoms. The summed E-state index contributed by atoms with van der Waals surface area (Å²) in [5.74, 6) is 0.216. The van der Waals surface area contributed by atoms with E-state index in [1.807, 2.05) is 0 Å². The average molecular weight is 206 g/mol. The molecule has 0 aliphatic rings. The molecule has 80 valence electrons. The van der Waals surface area contributed by atoms with E-state index < -0.39 is 0 Å². The highest BCUT2D eigenvalue weighted by Crippen LogP contribution is 2.09. The number of aryl methyl sites for hydroxylation is 1. The summed E-state index contributed by atoms with van der Waals surface area (Å²) in [6.07, 6.45) is 0.736. The van der Waals surface area contributed by atoms with Crippen LogP contribution in [0, 0.1) is 12.8 Å². The van der Waals surface area contributed by atoms with E-state index in [0.29, 0.717) is 17.1 Å². The van der Waals surface area contributed by atoms with Crippen molar-refractivity contribution in [2.75, 3.05) is 5.32 Å². The number of pyridine rings is 1. The molecule has 1 rings (SSSR count). The van der Waals surface area contributed by atoms with E-state index in [2.05, 4.69) is 10.3 Å². The fourth-order valence-corrected chi connectivity index (χ4v) is 1.10. The van der Waals surface area contributed by atoms with Gasteiger partial charge in [-0.05, 0) is 19.1 Å². The molecule has 0 fully saturated rings. The Balaban J connectivity index is 2.90. The molecule has 0 radical (unpaired) electrons. The van der Waals surface area contributed by atoms with E-state index in [9.17, 15) is 9.59 Å². The van der Waals surface area contributed by atoms with Crippen molar-refractivity contribution < 1.29 is 9.59 Å². The average Bonchev–Trinajstić information content (AvgIpc) is 2.16. The minimum Gasteiger partial charge on any atom is -0.310 e. The van der Waals surface area contributed by atoms with Crippen molar-refractivity contribution in [2.24, 2.45) is 5.92 Å². The molecule has 1 aromatic rings. The maximum atomic E-state index is 11.4. The Labute approximate surface area is 88.7 Å². The maximum Gasteiger partial charge on any atom is 0.228 e. The van der Waals surface area contributed by atoms with Gasteiger partial charge in [-0.15, -0.1) is 0 Å². The molecule has 1 heterocycles. The van der Waals surface area contributed by atoms with Crippen LogP contribution < -0.4 is 5.32 Å². The third-order valence-electron chi connectivity index (χ3n) is 1.89. The summed E-state index contributed by atoms with van der Waals surface area (Å²) in [4.78, 5) is 26.1. The maximum absolute atomic E-state index is 11.4. The SMILES string of the molecule is Cc1cc(C=O)cc(NC(=O)C(C)C)n1. The highest BCUT2D eigenvalue weighted by Gasteiger charge is 2.08. The molecule has 0 aliphatic carbocycles. The number of hydrogen-bond donors (Lipinski definition) is 1. The second-order valence-corrected chi connectivity index (χ2v) is 3.69. The third kappa shape index (κ3) is 3.16. The van der Waals surface area contributed by atoms with Crippen molar-refractivity contribution in [1.82, 2.24) is 4.98 Å². The van der Waals surface area contributed by atoms with Gasteiger partial charge in [0.2, 0.25) is 5.91 Å². The standard InChI is InChI=1S/C11H14N2O2/c1-7(2)11(15)13-10-5-9(6-14)4-8(3)12-10/h4-7H,1-3H3,(H,12,13,15). The summed E-state index contributed by atoms with van der Waals surface area (Å²) in [5.41, 5.74) is 1.22. The number of aldehydes is 1. The molecule has 15 heavy (non-hydrogen) atoms. The molecule has 0 bridgehead atoms. The van der Waals surface area contributed by atoms with Gasteiger partial charge in [0.05, 0.1) is 0 Å². The van der Waals surface area contributed by atoms with Crippen LogP contribution in [0.1, 0.15) is 29.9 Å². The van der Waals surface area contributed by atoms with Crippen LogP contribution in [0.15, 0.2) is 12.1 Å². The van der Waals surface area contributed by atoms with Crippen molar-refractivity contribution in [3.05, 3.63) is 23.4 Å². The molecule has 0 saturated carbocycles. The van der Waals surface area contributed by atoms with Gasteiger partial charge in [-0.25, -0.2) is 4.98 Å². The van der Waals surface area contributed by atoms with Gasteiger partial charge in [-0.1, -0.05) is 13.8 Å². The Bertz CT molecular complexity index is 386. The summed E-state index contributed by atoms with van der Waals surface area (Å²) in [6.45, 7) is 5.37. The van der Waals surface area contributed by atoms with E-state index >= 15 is 0 Å². The largest absolute Gasteiger partial charge is 0.310 e. The summed E-state index contributed by atoms with van der Waals surface area (Å²) >= 11 is 0. The number of aromatic nitrogens is 1. The molecule has 1 amide bonds. The van der Waals surface area contributed by atoms with Crippen LogP contribution in [-0.2, 0) is 4.79 Å². The zero-order chi connectivity index (χ0) is 11.4. The lowest BCUT2D eigenvalue weighted by Gasteiger charge is -2.07. The molecule has 0 aromatic carbocycles. The highest BCUT2D eigenvalue weighted by atomic mass is 16.1. The quantitative estimate of drug-likeness (QED) is 0.767. The number of carbonyl (C=O) groups is 2. The van der Waals surface area contributed by atoms with Crippen LogP contribution in [-0.4, -0.2) is 17.2 Å². The number of nitrogens with zero attached hydrogens (tertiary/aromatic N) is 1. The summed E-state index contributed by atoms with van der Waals surface area (Å²) in [6, 6.07) is 3.22. The Morgan fingerprint density at radius 1 is 1.47 bits per heavy atom. The molecule has 4 nitrogen and oxygen atoms in total. The van der Waals surface area contributed by atoms with Gasteiger partial charge in [-0.3, -0.25) is 9.59 Å². The smallest absolute Gasteiger partial charge is 0.228 e. The minimum atomic E-state index is -0.107. The van der Waals surface area contributed by atoms with Crippen LogP contribution in [0.3, 0.4) is 0 Å². The molecular formula is C11H14N2O2. The lowest BCUT2D eigenvalue weighted by atomic mass is 10.2. The van der Waals surface area contributed by atoms with Gasteiger partial charge < -0.3 is 5.32 Å². The second-order valence-electron chi connectivity index (χ2n) is 3.69. The summed E-state index contributed by atoms with van der Waals surface area (Å²) in [7, 11) is 0. The topological polar surface area (TPSA) is 59.1 Å². The van der Waals surface area contributed by atoms with Crippen molar-refractivity contribution >= 4 is 18.0 Å². The fourth-order valence-electron chi connectivity index (χ4n) is 1.10. The first-order chi connectivity index (χ1) is 7.02. The van der Waals surface area contributed by atoms with Crippen molar-refractivity contribution in [2.45, 2.75) is 20.8 Å². The zero-order valence-corrected chi connectivity index (χ0v) is 9.07. The van der Waals surface area contributed by atoms with Crippen molar-refractivity contribution in [3.8, 4) is 0 Å². The number of carbonyl (C=O) groups excluding carboxylic acids is 2. The number of nitrogens with one attached hydrogen (secondary N) is 1. The van der Waals surface area contributed by atoms with Gasteiger partial charge in [0, 0.05) is 17.2 Å².